The highest BCUT2D eigenvalue weighted by molar-refractivity contribution is 5.25. The molecule has 0 unspecified atom stereocenters. The SMILES string of the molecule is CC(C)N(CCO)c1nnc(CCN)o1. The molecular weight excluding hydrogens is 196 g/mol. The van der Waals surface area contributed by atoms with E-state index >= 15 is 0 Å². The Morgan fingerprint density at radius 3 is 2.73 bits per heavy atom. The maximum absolute atomic E-state index is 8.91. The van der Waals surface area contributed by atoms with Crippen LogP contribution in [0.1, 0.15) is 19.7 Å². The van der Waals surface area contributed by atoms with Crippen molar-refractivity contribution in [1.29, 1.82) is 0 Å². The quantitative estimate of drug-likeness (QED) is 0.680. The molecule has 3 N–H and O–H groups in total. The first-order valence-electron chi connectivity index (χ1n) is 5.09. The van der Waals surface area contributed by atoms with Gasteiger partial charge < -0.3 is 20.2 Å². The van der Waals surface area contributed by atoms with Gasteiger partial charge in [0.2, 0.25) is 5.89 Å². The van der Waals surface area contributed by atoms with E-state index in [1.54, 1.807) is 0 Å². The zero-order valence-corrected chi connectivity index (χ0v) is 9.18. The van der Waals surface area contributed by atoms with Crippen LogP contribution >= 0.6 is 0 Å². The summed E-state index contributed by atoms with van der Waals surface area (Å²) >= 11 is 0. The molecule has 0 bridgehead atoms. The van der Waals surface area contributed by atoms with Crippen molar-refractivity contribution in [1.82, 2.24) is 10.2 Å². The summed E-state index contributed by atoms with van der Waals surface area (Å²) in [5.41, 5.74) is 5.38. The maximum atomic E-state index is 8.91. The van der Waals surface area contributed by atoms with Crippen LogP contribution in [0.25, 0.3) is 0 Å². The van der Waals surface area contributed by atoms with E-state index in [0.717, 1.165) is 0 Å². The van der Waals surface area contributed by atoms with Gasteiger partial charge in [-0.25, -0.2) is 0 Å². The monoisotopic (exact) mass is 214 g/mol. The molecule has 0 atom stereocenters. The molecule has 15 heavy (non-hydrogen) atoms. The summed E-state index contributed by atoms with van der Waals surface area (Å²) in [7, 11) is 0. The topological polar surface area (TPSA) is 88.4 Å². The van der Waals surface area contributed by atoms with Crippen LogP contribution in [0.3, 0.4) is 0 Å². The number of aliphatic hydroxyl groups excluding tert-OH is 1. The Balaban J connectivity index is 2.72. The fourth-order valence-corrected chi connectivity index (χ4v) is 1.27. The molecule has 6 heteroatoms. The lowest BCUT2D eigenvalue weighted by Gasteiger charge is -2.22. The second kappa shape index (κ2) is 5.67. The Bertz CT molecular complexity index is 287. The van der Waals surface area contributed by atoms with Crippen molar-refractivity contribution in [3.05, 3.63) is 5.89 Å². The fourth-order valence-electron chi connectivity index (χ4n) is 1.27. The van der Waals surface area contributed by atoms with Crippen LogP contribution < -0.4 is 10.6 Å². The molecule has 0 saturated heterocycles. The molecule has 1 aromatic heterocycles. The van der Waals surface area contributed by atoms with Gasteiger partial charge in [-0.2, -0.15) is 0 Å². The van der Waals surface area contributed by atoms with E-state index in [1.165, 1.54) is 0 Å². The number of nitrogens with zero attached hydrogens (tertiary/aromatic N) is 3. The molecule has 1 heterocycles. The predicted octanol–water partition coefficient (Wildman–Crippen LogP) is -0.222. The lowest BCUT2D eigenvalue weighted by molar-refractivity contribution is 0.294. The first-order chi connectivity index (χ1) is 7.19. The number of rotatable bonds is 6. The Kier molecular flexibility index (Phi) is 4.51. The van der Waals surface area contributed by atoms with Crippen molar-refractivity contribution in [3.63, 3.8) is 0 Å². The van der Waals surface area contributed by atoms with Crippen molar-refractivity contribution in [2.45, 2.75) is 26.3 Å². The number of nitrogens with two attached hydrogens (primary N) is 1. The zero-order valence-electron chi connectivity index (χ0n) is 9.18. The lowest BCUT2D eigenvalue weighted by atomic mass is 10.3. The van der Waals surface area contributed by atoms with Gasteiger partial charge in [-0.05, 0) is 13.8 Å². The first kappa shape index (κ1) is 11.9. The molecule has 0 radical (unpaired) electrons. The highest BCUT2D eigenvalue weighted by Crippen LogP contribution is 2.14. The largest absolute Gasteiger partial charge is 0.408 e. The molecule has 86 valence electrons. The van der Waals surface area contributed by atoms with Crippen LogP contribution in [0.5, 0.6) is 0 Å². The van der Waals surface area contributed by atoms with E-state index < -0.39 is 0 Å². The molecule has 1 rings (SSSR count). The third kappa shape index (κ3) is 3.17. The molecule has 6 nitrogen and oxygen atoms in total. The van der Waals surface area contributed by atoms with E-state index in [2.05, 4.69) is 10.2 Å². The first-order valence-corrected chi connectivity index (χ1v) is 5.09. The number of anilines is 1. The molecule has 0 spiro atoms. The molecular formula is C9H18N4O2. The highest BCUT2D eigenvalue weighted by Gasteiger charge is 2.16. The van der Waals surface area contributed by atoms with E-state index in [4.69, 9.17) is 15.3 Å². The lowest BCUT2D eigenvalue weighted by Crippen LogP contribution is -2.33. The second-order valence-electron chi connectivity index (χ2n) is 3.53. The van der Waals surface area contributed by atoms with Gasteiger partial charge in [-0.15, -0.1) is 5.10 Å². The smallest absolute Gasteiger partial charge is 0.318 e. The summed E-state index contributed by atoms with van der Waals surface area (Å²) in [5, 5.41) is 16.7. The van der Waals surface area contributed by atoms with Gasteiger partial charge in [0.25, 0.3) is 0 Å². The molecule has 0 fully saturated rings. The predicted molar refractivity (Wildman–Crippen MR) is 56.6 cm³/mol. The zero-order chi connectivity index (χ0) is 11.3. The fraction of sp³-hybridized carbons (Fsp3) is 0.778. The van der Waals surface area contributed by atoms with Crippen LogP contribution in [0.15, 0.2) is 4.42 Å². The summed E-state index contributed by atoms with van der Waals surface area (Å²) in [5.74, 6) is 0.538. The van der Waals surface area contributed by atoms with Crippen molar-refractivity contribution >= 4 is 6.01 Å². The van der Waals surface area contributed by atoms with Crippen molar-refractivity contribution in [2.24, 2.45) is 5.73 Å². The van der Waals surface area contributed by atoms with E-state index in [-0.39, 0.29) is 12.6 Å². The summed E-state index contributed by atoms with van der Waals surface area (Å²) in [6, 6.07) is 0.658. The minimum Gasteiger partial charge on any atom is -0.408 e. The summed E-state index contributed by atoms with van der Waals surface area (Å²) < 4.78 is 5.41. The van der Waals surface area contributed by atoms with Crippen LogP contribution in [0, 0.1) is 0 Å². The molecule has 0 aliphatic carbocycles. The van der Waals surface area contributed by atoms with E-state index in [9.17, 15) is 0 Å². The third-order valence-corrected chi connectivity index (χ3v) is 2.02. The Morgan fingerprint density at radius 2 is 2.20 bits per heavy atom. The average molecular weight is 214 g/mol. The molecule has 0 aromatic carbocycles. The van der Waals surface area contributed by atoms with Gasteiger partial charge >= 0.3 is 6.01 Å². The van der Waals surface area contributed by atoms with Gasteiger partial charge in [-0.3, -0.25) is 0 Å². The maximum Gasteiger partial charge on any atom is 0.318 e. The third-order valence-electron chi connectivity index (χ3n) is 2.02. The minimum absolute atomic E-state index is 0.0623. The highest BCUT2D eigenvalue weighted by atomic mass is 16.4. The van der Waals surface area contributed by atoms with Crippen LogP contribution in [-0.4, -0.2) is 41.0 Å². The molecule has 0 aliphatic heterocycles. The van der Waals surface area contributed by atoms with Crippen LogP contribution in [0.2, 0.25) is 0 Å². The second-order valence-corrected chi connectivity index (χ2v) is 3.53. The Hall–Kier alpha value is -1.14. The van der Waals surface area contributed by atoms with Crippen molar-refractivity contribution in [2.75, 3.05) is 24.6 Å². The number of hydrogen-bond donors (Lipinski definition) is 2. The number of aliphatic hydroxyl groups is 1. The standard InChI is InChI=1S/C9H18N4O2/c1-7(2)13(5-6-14)9-12-11-8(15-9)3-4-10/h7,14H,3-6,10H2,1-2H3. The average Bonchev–Trinajstić information content (AvgIpc) is 2.62. The van der Waals surface area contributed by atoms with Crippen molar-refractivity contribution in [3.8, 4) is 0 Å². The molecule has 0 aliphatic rings. The van der Waals surface area contributed by atoms with Gasteiger partial charge in [0, 0.05) is 25.6 Å². The minimum atomic E-state index is 0.0623. The van der Waals surface area contributed by atoms with Crippen molar-refractivity contribution < 1.29 is 9.52 Å². The summed E-state index contributed by atoms with van der Waals surface area (Å²) in [6.07, 6.45) is 0.581. The van der Waals surface area contributed by atoms with Gasteiger partial charge in [0.1, 0.15) is 0 Å². The van der Waals surface area contributed by atoms with E-state index in [1.807, 2.05) is 18.7 Å². The van der Waals surface area contributed by atoms with Gasteiger partial charge in [-0.1, -0.05) is 5.10 Å². The van der Waals surface area contributed by atoms with Gasteiger partial charge in [0.05, 0.1) is 6.61 Å². The molecule has 0 saturated carbocycles. The normalized spacial score (nSPS) is 11.0. The van der Waals surface area contributed by atoms with Crippen LogP contribution in [0.4, 0.5) is 6.01 Å². The van der Waals surface area contributed by atoms with Crippen LogP contribution in [-0.2, 0) is 6.42 Å². The van der Waals surface area contributed by atoms with E-state index in [0.29, 0.717) is 31.4 Å². The Labute approximate surface area is 89.1 Å². The molecule has 0 amide bonds. The number of hydrogen-bond acceptors (Lipinski definition) is 6. The number of aromatic nitrogens is 2. The van der Waals surface area contributed by atoms with Gasteiger partial charge in [0.15, 0.2) is 0 Å². The Morgan fingerprint density at radius 1 is 1.47 bits per heavy atom. The molecule has 1 aromatic rings. The summed E-state index contributed by atoms with van der Waals surface area (Å²) in [6.45, 7) is 5.04. The summed E-state index contributed by atoms with van der Waals surface area (Å²) in [4.78, 5) is 1.85.